The van der Waals surface area contributed by atoms with Gasteiger partial charge in [-0.1, -0.05) is 23.4 Å². The third-order valence-corrected chi connectivity index (χ3v) is 8.07. The molecule has 11 heteroatoms. The Morgan fingerprint density at radius 1 is 1.22 bits per heavy atom. The van der Waals surface area contributed by atoms with Crippen LogP contribution >= 0.6 is 0 Å². The zero-order valence-corrected chi connectivity index (χ0v) is 23.8. The molecule has 2 saturated heterocycles. The molecule has 5 rings (SSSR count). The van der Waals surface area contributed by atoms with Gasteiger partial charge in [0.15, 0.2) is 0 Å². The highest BCUT2D eigenvalue weighted by atomic mass is 19.1. The summed E-state index contributed by atoms with van der Waals surface area (Å²) in [5, 5.41) is 16.7. The van der Waals surface area contributed by atoms with Crippen molar-refractivity contribution >= 4 is 0 Å². The SMILES string of the molecule is C[C@H](Oc1cc(O[C@H]2CCN[C@H](CC#N)C2)nc(-c2cc(C(C)(C)c3ccccc3F)no2)n1)[C@@H]1C[C@@H](F)CN1C. The molecule has 1 aromatic carbocycles. The summed E-state index contributed by atoms with van der Waals surface area (Å²) >= 11 is 0. The minimum Gasteiger partial charge on any atom is -0.474 e. The molecule has 0 radical (unpaired) electrons. The summed E-state index contributed by atoms with van der Waals surface area (Å²) in [6.45, 7) is 6.72. The van der Waals surface area contributed by atoms with E-state index in [9.17, 15) is 8.78 Å². The van der Waals surface area contributed by atoms with E-state index in [0.717, 1.165) is 13.0 Å². The number of ether oxygens (including phenoxy) is 2. The normalized spacial score (nSPS) is 24.1. The maximum absolute atomic E-state index is 14.6. The first-order chi connectivity index (χ1) is 19.6. The molecule has 0 amide bonds. The summed E-state index contributed by atoms with van der Waals surface area (Å²) in [6.07, 6.45) is 0.786. The topological polar surface area (TPSA) is 109 Å². The number of piperidine rings is 1. The minimum atomic E-state index is -0.900. The van der Waals surface area contributed by atoms with Crippen LogP contribution in [0.3, 0.4) is 0 Å². The van der Waals surface area contributed by atoms with Crippen molar-refractivity contribution in [2.45, 2.75) is 82.3 Å². The Balaban J connectivity index is 1.44. The molecule has 2 aliphatic rings. The second kappa shape index (κ2) is 12.1. The quantitative estimate of drug-likeness (QED) is 0.390. The maximum atomic E-state index is 14.6. The van der Waals surface area contributed by atoms with Crippen molar-refractivity contribution in [3.63, 3.8) is 0 Å². The minimum absolute atomic E-state index is 0.0415. The lowest BCUT2D eigenvalue weighted by Crippen LogP contribution is -2.42. The summed E-state index contributed by atoms with van der Waals surface area (Å²) in [5.74, 6) is 0.721. The van der Waals surface area contributed by atoms with E-state index < -0.39 is 11.6 Å². The van der Waals surface area contributed by atoms with Crippen LogP contribution in [0.4, 0.5) is 8.78 Å². The number of aromatic nitrogens is 3. The molecular weight excluding hydrogens is 530 g/mol. The number of rotatable bonds is 9. The van der Waals surface area contributed by atoms with Gasteiger partial charge in [-0.25, -0.2) is 8.78 Å². The van der Waals surface area contributed by atoms with Gasteiger partial charge in [0.05, 0.1) is 24.3 Å². The van der Waals surface area contributed by atoms with Crippen molar-refractivity contribution in [3.8, 4) is 29.4 Å². The number of nitrogens with one attached hydrogen (secondary N) is 1. The van der Waals surface area contributed by atoms with Gasteiger partial charge >= 0.3 is 0 Å². The van der Waals surface area contributed by atoms with Crippen molar-refractivity contribution in [1.29, 1.82) is 5.26 Å². The third kappa shape index (κ3) is 6.49. The van der Waals surface area contributed by atoms with E-state index in [1.807, 2.05) is 32.7 Å². The molecule has 218 valence electrons. The number of halogens is 2. The highest BCUT2D eigenvalue weighted by molar-refractivity contribution is 5.51. The van der Waals surface area contributed by atoms with Gasteiger partial charge in [0.1, 0.15) is 24.2 Å². The molecule has 0 spiro atoms. The largest absolute Gasteiger partial charge is 0.474 e. The van der Waals surface area contributed by atoms with Crippen molar-refractivity contribution in [3.05, 3.63) is 53.5 Å². The summed E-state index contributed by atoms with van der Waals surface area (Å²) < 4.78 is 46.9. The third-order valence-electron chi connectivity index (χ3n) is 8.07. The molecule has 2 aliphatic heterocycles. The highest BCUT2D eigenvalue weighted by Gasteiger charge is 2.35. The molecule has 0 unspecified atom stereocenters. The first-order valence-electron chi connectivity index (χ1n) is 14.0. The first kappa shape index (κ1) is 28.9. The molecule has 3 aromatic rings. The van der Waals surface area contributed by atoms with Crippen molar-refractivity contribution in [1.82, 2.24) is 25.3 Å². The lowest BCUT2D eigenvalue weighted by atomic mass is 9.81. The fourth-order valence-corrected chi connectivity index (χ4v) is 5.71. The van der Waals surface area contributed by atoms with Gasteiger partial charge in [-0.15, -0.1) is 0 Å². The Morgan fingerprint density at radius 3 is 2.73 bits per heavy atom. The Hall–Kier alpha value is -3.62. The van der Waals surface area contributed by atoms with Crippen molar-refractivity contribution < 1.29 is 22.8 Å². The number of nitriles is 1. The standard InChI is InChI=1S/C30H36F2N6O3/c1-18(24-13-19(31)17-38(24)4)39-27-16-28(40-21-10-12-34-20(14-21)9-11-33)36-29(35-27)25-15-26(37-41-25)30(2,3)22-7-5-6-8-23(22)32/h5-8,15-16,18-21,24,34H,9-10,12-14,17H2,1-4H3/t18-,19+,20+,21-,24-/m0/s1. The second-order valence-electron chi connectivity index (χ2n) is 11.5. The molecule has 2 aromatic heterocycles. The van der Waals surface area contributed by atoms with Crippen LogP contribution in [0.15, 0.2) is 40.9 Å². The molecule has 1 N–H and O–H groups in total. The summed E-state index contributed by atoms with van der Waals surface area (Å²) in [6, 6.07) is 12.0. The number of likely N-dealkylation sites (tertiary alicyclic amines) is 1. The van der Waals surface area contributed by atoms with Gasteiger partial charge in [-0.2, -0.15) is 15.2 Å². The highest BCUT2D eigenvalue weighted by Crippen LogP contribution is 2.35. The van der Waals surface area contributed by atoms with Crippen molar-refractivity contribution in [2.75, 3.05) is 20.1 Å². The molecule has 9 nitrogen and oxygen atoms in total. The van der Waals surface area contributed by atoms with E-state index in [4.69, 9.17) is 19.3 Å². The van der Waals surface area contributed by atoms with Gasteiger partial charge in [0, 0.05) is 36.5 Å². The van der Waals surface area contributed by atoms with E-state index in [0.29, 0.717) is 42.9 Å². The van der Waals surface area contributed by atoms with E-state index in [1.165, 1.54) is 6.07 Å². The van der Waals surface area contributed by atoms with Gasteiger partial charge in [0.25, 0.3) is 0 Å². The average Bonchev–Trinajstić information content (AvgIpc) is 3.56. The average molecular weight is 567 g/mol. The number of alkyl halides is 1. The molecule has 0 aliphatic carbocycles. The predicted molar refractivity (Wildman–Crippen MR) is 148 cm³/mol. The summed E-state index contributed by atoms with van der Waals surface area (Å²) in [7, 11) is 1.88. The molecule has 0 saturated carbocycles. The Bertz CT molecular complexity index is 1390. The number of nitrogens with zero attached hydrogens (tertiary/aromatic N) is 5. The Morgan fingerprint density at radius 2 is 2.00 bits per heavy atom. The number of likely N-dealkylation sites (N-methyl/N-ethyl adjacent to an activating group) is 1. The fourth-order valence-electron chi connectivity index (χ4n) is 5.71. The van der Waals surface area contributed by atoms with E-state index in [1.54, 1.807) is 30.3 Å². The number of benzene rings is 1. The van der Waals surface area contributed by atoms with E-state index in [-0.39, 0.29) is 47.6 Å². The maximum Gasteiger partial charge on any atom is 0.221 e. The van der Waals surface area contributed by atoms with Crippen LogP contribution in [-0.4, -0.2) is 70.6 Å². The fraction of sp³-hybridized carbons (Fsp3) is 0.533. The molecule has 0 bridgehead atoms. The monoisotopic (exact) mass is 566 g/mol. The van der Waals surface area contributed by atoms with Crippen LogP contribution in [0.2, 0.25) is 0 Å². The second-order valence-corrected chi connectivity index (χ2v) is 11.5. The molecule has 41 heavy (non-hydrogen) atoms. The number of hydrogen-bond donors (Lipinski definition) is 1. The van der Waals surface area contributed by atoms with Crippen LogP contribution in [0.5, 0.6) is 11.8 Å². The zero-order valence-electron chi connectivity index (χ0n) is 23.8. The van der Waals surface area contributed by atoms with E-state index in [2.05, 4.69) is 26.5 Å². The van der Waals surface area contributed by atoms with E-state index >= 15 is 0 Å². The lowest BCUT2D eigenvalue weighted by Gasteiger charge is -2.29. The van der Waals surface area contributed by atoms with Crippen LogP contribution < -0.4 is 14.8 Å². The Kier molecular flexibility index (Phi) is 8.52. The summed E-state index contributed by atoms with van der Waals surface area (Å²) in [4.78, 5) is 11.2. The summed E-state index contributed by atoms with van der Waals surface area (Å²) in [5.41, 5.74) is 0.221. The molecular formula is C30H36F2N6O3. The first-order valence-corrected chi connectivity index (χ1v) is 14.0. The molecule has 4 heterocycles. The molecule has 2 fully saturated rings. The number of hydrogen-bond acceptors (Lipinski definition) is 9. The van der Waals surface area contributed by atoms with Crippen molar-refractivity contribution in [2.24, 2.45) is 0 Å². The predicted octanol–water partition coefficient (Wildman–Crippen LogP) is 4.82. The van der Waals surface area contributed by atoms with Crippen LogP contribution in [0.1, 0.15) is 57.7 Å². The lowest BCUT2D eigenvalue weighted by molar-refractivity contribution is 0.113. The van der Waals surface area contributed by atoms with Crippen LogP contribution in [0.25, 0.3) is 11.6 Å². The smallest absolute Gasteiger partial charge is 0.221 e. The van der Waals surface area contributed by atoms with Gasteiger partial charge in [-0.05, 0) is 58.8 Å². The van der Waals surface area contributed by atoms with Crippen LogP contribution in [-0.2, 0) is 5.41 Å². The molecule has 5 atom stereocenters. The zero-order chi connectivity index (χ0) is 29.1. The Labute approximate surface area is 238 Å². The van der Waals surface area contributed by atoms with Gasteiger partial charge in [0.2, 0.25) is 23.3 Å². The van der Waals surface area contributed by atoms with Gasteiger partial charge < -0.3 is 19.3 Å². The van der Waals surface area contributed by atoms with Crippen LogP contribution in [0, 0.1) is 17.1 Å². The van der Waals surface area contributed by atoms with Gasteiger partial charge in [-0.3, -0.25) is 4.90 Å².